The van der Waals surface area contributed by atoms with Crippen molar-refractivity contribution >= 4 is 0 Å². The second kappa shape index (κ2) is 2.75. The minimum absolute atomic E-state index is 0.0777. The number of nitrogens with zero attached hydrogens (tertiary/aromatic N) is 3. The third-order valence-electron chi connectivity index (χ3n) is 2.44. The van der Waals surface area contributed by atoms with Crippen LogP contribution >= 0.6 is 0 Å². The first-order chi connectivity index (χ1) is 6.12. The quantitative estimate of drug-likeness (QED) is 0.706. The minimum atomic E-state index is -2.48. The summed E-state index contributed by atoms with van der Waals surface area (Å²) in [6.45, 7) is 2.69. The molecule has 0 bridgehead atoms. The standard InChI is InChI=1S/C8H11F2N3/c1-2-13-5-11-12-7(13)6-3-8(9,10)4-6/h5-6H,2-4H2,1H3. The molecule has 0 radical (unpaired) electrons. The van der Waals surface area contributed by atoms with Crippen LogP contribution in [0.15, 0.2) is 6.33 Å². The van der Waals surface area contributed by atoms with E-state index < -0.39 is 5.92 Å². The molecule has 2 rings (SSSR count). The highest BCUT2D eigenvalue weighted by Crippen LogP contribution is 2.47. The summed E-state index contributed by atoms with van der Waals surface area (Å²) in [4.78, 5) is 0. The average Bonchev–Trinajstić information content (AvgIpc) is 2.46. The third-order valence-corrected chi connectivity index (χ3v) is 2.44. The summed E-state index contributed by atoms with van der Waals surface area (Å²) < 4.78 is 26.9. The van der Waals surface area contributed by atoms with Gasteiger partial charge in [0.05, 0.1) is 0 Å². The fraction of sp³-hybridized carbons (Fsp3) is 0.750. The molecule has 0 saturated heterocycles. The molecule has 1 saturated carbocycles. The molecule has 72 valence electrons. The molecule has 0 aromatic carbocycles. The zero-order valence-corrected chi connectivity index (χ0v) is 7.37. The molecule has 0 amide bonds. The van der Waals surface area contributed by atoms with Gasteiger partial charge in [0, 0.05) is 25.3 Å². The van der Waals surface area contributed by atoms with Crippen LogP contribution in [-0.2, 0) is 6.54 Å². The summed E-state index contributed by atoms with van der Waals surface area (Å²) in [7, 11) is 0. The lowest BCUT2D eigenvalue weighted by atomic mass is 9.81. The Bertz CT molecular complexity index is 300. The minimum Gasteiger partial charge on any atom is -0.318 e. The number of aromatic nitrogens is 3. The predicted octanol–water partition coefficient (Wildman–Crippen LogP) is 1.81. The topological polar surface area (TPSA) is 30.7 Å². The van der Waals surface area contributed by atoms with E-state index in [1.165, 1.54) is 0 Å². The van der Waals surface area contributed by atoms with Crippen molar-refractivity contribution in [2.75, 3.05) is 0 Å². The SMILES string of the molecule is CCn1cnnc1C1CC(F)(F)C1. The van der Waals surface area contributed by atoms with E-state index in [9.17, 15) is 8.78 Å². The smallest absolute Gasteiger partial charge is 0.249 e. The maximum Gasteiger partial charge on any atom is 0.249 e. The first kappa shape index (κ1) is 8.59. The molecule has 0 aliphatic heterocycles. The Morgan fingerprint density at radius 1 is 1.62 bits per heavy atom. The molecule has 1 aliphatic carbocycles. The lowest BCUT2D eigenvalue weighted by Gasteiger charge is -2.34. The van der Waals surface area contributed by atoms with Gasteiger partial charge in [-0.2, -0.15) is 0 Å². The highest BCUT2D eigenvalue weighted by molar-refractivity contribution is 5.06. The predicted molar refractivity (Wildman–Crippen MR) is 42.6 cm³/mol. The van der Waals surface area contributed by atoms with Gasteiger partial charge in [0.1, 0.15) is 12.2 Å². The van der Waals surface area contributed by atoms with Crippen molar-refractivity contribution in [2.45, 2.75) is 38.2 Å². The van der Waals surface area contributed by atoms with E-state index in [0.717, 1.165) is 6.54 Å². The maximum atomic E-state index is 12.6. The molecule has 1 aromatic rings. The number of rotatable bonds is 2. The largest absolute Gasteiger partial charge is 0.318 e. The molecular formula is C8H11F2N3. The van der Waals surface area contributed by atoms with E-state index in [1.54, 1.807) is 6.33 Å². The van der Waals surface area contributed by atoms with Gasteiger partial charge in [-0.15, -0.1) is 10.2 Å². The second-order valence-corrected chi connectivity index (χ2v) is 3.44. The Kier molecular flexibility index (Phi) is 1.82. The Hall–Kier alpha value is -1.00. The molecule has 1 heterocycles. The summed E-state index contributed by atoms with van der Waals surface area (Å²) in [5, 5.41) is 7.57. The van der Waals surface area contributed by atoms with Crippen molar-refractivity contribution in [1.82, 2.24) is 14.8 Å². The van der Waals surface area contributed by atoms with E-state index in [1.807, 2.05) is 11.5 Å². The van der Waals surface area contributed by atoms with E-state index >= 15 is 0 Å². The highest BCUT2D eigenvalue weighted by atomic mass is 19.3. The zero-order chi connectivity index (χ0) is 9.47. The summed E-state index contributed by atoms with van der Waals surface area (Å²) in [5.74, 6) is -1.87. The van der Waals surface area contributed by atoms with Crippen molar-refractivity contribution < 1.29 is 8.78 Å². The Balaban J connectivity index is 2.11. The van der Waals surface area contributed by atoms with Crippen molar-refractivity contribution in [3.8, 4) is 0 Å². The molecular weight excluding hydrogens is 176 g/mol. The van der Waals surface area contributed by atoms with Gasteiger partial charge in [0.15, 0.2) is 0 Å². The molecule has 1 fully saturated rings. The monoisotopic (exact) mass is 187 g/mol. The first-order valence-corrected chi connectivity index (χ1v) is 4.38. The lowest BCUT2D eigenvalue weighted by Crippen LogP contribution is -2.35. The molecule has 0 atom stereocenters. The van der Waals surface area contributed by atoms with Crippen molar-refractivity contribution in [3.63, 3.8) is 0 Å². The molecule has 0 N–H and O–H groups in total. The maximum absolute atomic E-state index is 12.6. The molecule has 1 aromatic heterocycles. The number of aryl methyl sites for hydroxylation is 1. The normalized spacial score (nSPS) is 21.5. The molecule has 0 spiro atoms. The Morgan fingerprint density at radius 3 is 2.85 bits per heavy atom. The van der Waals surface area contributed by atoms with Gasteiger partial charge < -0.3 is 4.57 Å². The van der Waals surface area contributed by atoms with Crippen LogP contribution in [0.4, 0.5) is 8.78 Å². The fourth-order valence-electron chi connectivity index (χ4n) is 1.67. The van der Waals surface area contributed by atoms with Crippen LogP contribution < -0.4 is 0 Å². The van der Waals surface area contributed by atoms with Gasteiger partial charge in [0.2, 0.25) is 5.92 Å². The van der Waals surface area contributed by atoms with E-state index in [0.29, 0.717) is 5.82 Å². The van der Waals surface area contributed by atoms with E-state index in [-0.39, 0.29) is 18.8 Å². The van der Waals surface area contributed by atoms with Crippen molar-refractivity contribution in [1.29, 1.82) is 0 Å². The number of halogens is 2. The summed E-state index contributed by atoms with van der Waals surface area (Å²) in [6, 6.07) is 0. The summed E-state index contributed by atoms with van der Waals surface area (Å²) >= 11 is 0. The first-order valence-electron chi connectivity index (χ1n) is 4.38. The third kappa shape index (κ3) is 1.43. The highest BCUT2D eigenvalue weighted by Gasteiger charge is 2.47. The zero-order valence-electron chi connectivity index (χ0n) is 7.37. The second-order valence-electron chi connectivity index (χ2n) is 3.44. The van der Waals surface area contributed by atoms with Gasteiger partial charge in [-0.1, -0.05) is 0 Å². The molecule has 3 nitrogen and oxygen atoms in total. The van der Waals surface area contributed by atoms with Crippen molar-refractivity contribution in [2.24, 2.45) is 0 Å². The van der Waals surface area contributed by atoms with Crippen LogP contribution in [0.3, 0.4) is 0 Å². The molecule has 1 aliphatic rings. The van der Waals surface area contributed by atoms with Gasteiger partial charge in [-0.3, -0.25) is 0 Å². The van der Waals surface area contributed by atoms with Gasteiger partial charge in [-0.05, 0) is 6.92 Å². The number of hydrogen-bond acceptors (Lipinski definition) is 2. The van der Waals surface area contributed by atoms with Crippen LogP contribution in [-0.4, -0.2) is 20.7 Å². The van der Waals surface area contributed by atoms with Gasteiger partial charge >= 0.3 is 0 Å². The van der Waals surface area contributed by atoms with Crippen LogP contribution in [0.2, 0.25) is 0 Å². The van der Waals surface area contributed by atoms with Crippen LogP contribution in [0.25, 0.3) is 0 Å². The van der Waals surface area contributed by atoms with Gasteiger partial charge in [-0.25, -0.2) is 8.78 Å². The van der Waals surface area contributed by atoms with Gasteiger partial charge in [0.25, 0.3) is 0 Å². The van der Waals surface area contributed by atoms with Crippen molar-refractivity contribution in [3.05, 3.63) is 12.2 Å². The lowest BCUT2D eigenvalue weighted by molar-refractivity contribution is -0.0891. The van der Waals surface area contributed by atoms with E-state index in [2.05, 4.69) is 10.2 Å². The fourth-order valence-corrected chi connectivity index (χ4v) is 1.67. The van der Waals surface area contributed by atoms with Crippen LogP contribution in [0, 0.1) is 0 Å². The van der Waals surface area contributed by atoms with Crippen LogP contribution in [0.5, 0.6) is 0 Å². The van der Waals surface area contributed by atoms with Crippen LogP contribution in [0.1, 0.15) is 31.5 Å². The molecule has 0 unspecified atom stereocenters. The summed E-state index contributed by atoms with van der Waals surface area (Å²) in [5.41, 5.74) is 0. The summed E-state index contributed by atoms with van der Waals surface area (Å²) in [6.07, 6.45) is 1.43. The average molecular weight is 187 g/mol. The Labute approximate surface area is 74.8 Å². The molecule has 13 heavy (non-hydrogen) atoms. The Morgan fingerprint density at radius 2 is 2.31 bits per heavy atom. The molecule has 5 heteroatoms. The van der Waals surface area contributed by atoms with E-state index in [4.69, 9.17) is 0 Å². The number of alkyl halides is 2. The number of hydrogen-bond donors (Lipinski definition) is 0.